The van der Waals surface area contributed by atoms with E-state index in [1.165, 1.54) is 0 Å². The fourth-order valence-electron chi connectivity index (χ4n) is 1.79. The summed E-state index contributed by atoms with van der Waals surface area (Å²) in [6, 6.07) is 7.78. The number of alkyl halides is 1. The summed E-state index contributed by atoms with van der Waals surface area (Å²) in [6.45, 7) is 3.78. The van der Waals surface area contributed by atoms with Crippen LogP contribution in [0, 0.1) is 12.8 Å². The van der Waals surface area contributed by atoms with E-state index in [0.29, 0.717) is 5.92 Å². The molecule has 0 aromatic heterocycles. The van der Waals surface area contributed by atoms with Gasteiger partial charge in [-0.1, -0.05) is 33.6 Å². The summed E-state index contributed by atoms with van der Waals surface area (Å²) in [5.41, 5.74) is 1.95. The van der Waals surface area contributed by atoms with Gasteiger partial charge in [0.05, 0.1) is 0 Å². The molecular formula is C12H14BrNO. The molecule has 0 N–H and O–H groups in total. The Hall–Kier alpha value is -0.830. The summed E-state index contributed by atoms with van der Waals surface area (Å²) in [5.74, 6) is 0.801. The first kappa shape index (κ1) is 10.7. The van der Waals surface area contributed by atoms with Crippen molar-refractivity contribution < 1.29 is 4.79 Å². The fraction of sp³-hybridized carbons (Fsp3) is 0.417. The predicted octanol–water partition coefficient (Wildman–Crippen LogP) is 2.46. The van der Waals surface area contributed by atoms with Crippen LogP contribution < -0.4 is 0 Å². The molecule has 2 rings (SSSR count). The second-order valence-electron chi connectivity index (χ2n) is 4.10. The van der Waals surface area contributed by atoms with Crippen molar-refractivity contribution in [3.8, 4) is 0 Å². The summed E-state index contributed by atoms with van der Waals surface area (Å²) in [4.78, 5) is 13.9. The van der Waals surface area contributed by atoms with Crippen molar-refractivity contribution in [2.45, 2.75) is 6.92 Å². The maximum Gasteiger partial charge on any atom is 0.253 e. The highest BCUT2D eigenvalue weighted by molar-refractivity contribution is 9.09. The number of carbonyl (C=O) groups is 1. The Bertz CT molecular complexity index is 372. The van der Waals surface area contributed by atoms with Gasteiger partial charge in [-0.05, 0) is 19.1 Å². The van der Waals surface area contributed by atoms with Crippen molar-refractivity contribution in [2.24, 2.45) is 5.92 Å². The minimum Gasteiger partial charge on any atom is -0.338 e. The molecule has 0 saturated carbocycles. The van der Waals surface area contributed by atoms with Gasteiger partial charge >= 0.3 is 0 Å². The zero-order valence-electron chi connectivity index (χ0n) is 8.74. The summed E-state index contributed by atoms with van der Waals surface area (Å²) in [5, 5.41) is 0.991. The number of likely N-dealkylation sites (tertiary alicyclic amines) is 1. The van der Waals surface area contributed by atoms with Gasteiger partial charge in [0.15, 0.2) is 0 Å². The molecule has 0 atom stereocenters. The predicted molar refractivity (Wildman–Crippen MR) is 64.4 cm³/mol. The lowest BCUT2D eigenvalue weighted by Crippen LogP contribution is -2.50. The summed E-state index contributed by atoms with van der Waals surface area (Å²) in [6.07, 6.45) is 0. The third-order valence-corrected chi connectivity index (χ3v) is 3.64. The van der Waals surface area contributed by atoms with Crippen LogP contribution in [0.1, 0.15) is 15.9 Å². The van der Waals surface area contributed by atoms with Crippen molar-refractivity contribution >= 4 is 21.8 Å². The van der Waals surface area contributed by atoms with E-state index >= 15 is 0 Å². The molecule has 0 radical (unpaired) electrons. The van der Waals surface area contributed by atoms with Gasteiger partial charge in [0, 0.05) is 29.9 Å². The first-order chi connectivity index (χ1) is 7.20. The van der Waals surface area contributed by atoms with Crippen LogP contribution in [0.3, 0.4) is 0 Å². The Morgan fingerprint density at radius 1 is 1.53 bits per heavy atom. The van der Waals surface area contributed by atoms with Crippen molar-refractivity contribution in [2.75, 3.05) is 18.4 Å². The smallest absolute Gasteiger partial charge is 0.253 e. The van der Waals surface area contributed by atoms with Crippen LogP contribution in [0.4, 0.5) is 0 Å². The van der Waals surface area contributed by atoms with E-state index in [1.54, 1.807) is 0 Å². The first-order valence-corrected chi connectivity index (χ1v) is 6.25. The number of hydrogen-bond acceptors (Lipinski definition) is 1. The van der Waals surface area contributed by atoms with E-state index in [2.05, 4.69) is 15.9 Å². The maximum absolute atomic E-state index is 12.0. The third kappa shape index (κ3) is 2.23. The van der Waals surface area contributed by atoms with Crippen molar-refractivity contribution in [1.29, 1.82) is 0 Å². The summed E-state index contributed by atoms with van der Waals surface area (Å²) >= 11 is 3.43. The molecule has 0 aliphatic carbocycles. The number of halogens is 1. The van der Waals surface area contributed by atoms with Gasteiger partial charge in [0.25, 0.3) is 5.91 Å². The number of amides is 1. The molecule has 1 aromatic rings. The number of nitrogens with zero attached hydrogens (tertiary/aromatic N) is 1. The van der Waals surface area contributed by atoms with Crippen molar-refractivity contribution in [3.63, 3.8) is 0 Å². The quantitative estimate of drug-likeness (QED) is 0.754. The average Bonchev–Trinajstić information content (AvgIpc) is 2.16. The second kappa shape index (κ2) is 4.35. The molecule has 1 saturated heterocycles. The van der Waals surface area contributed by atoms with Gasteiger partial charge in [0.1, 0.15) is 0 Å². The molecule has 0 unspecified atom stereocenters. The standard InChI is InChI=1S/C12H14BrNO/c1-9-3-2-4-11(5-9)12(15)14-7-10(6-13)8-14/h2-5,10H,6-8H2,1H3. The largest absolute Gasteiger partial charge is 0.338 e. The maximum atomic E-state index is 12.0. The fourth-order valence-corrected chi connectivity index (χ4v) is 2.20. The topological polar surface area (TPSA) is 20.3 Å². The second-order valence-corrected chi connectivity index (χ2v) is 4.75. The molecule has 1 amide bonds. The van der Waals surface area contributed by atoms with Gasteiger partial charge < -0.3 is 4.90 Å². The van der Waals surface area contributed by atoms with Gasteiger partial charge in [0.2, 0.25) is 0 Å². The number of aryl methyl sites for hydroxylation is 1. The van der Waals surface area contributed by atoms with E-state index in [4.69, 9.17) is 0 Å². The lowest BCUT2D eigenvalue weighted by molar-refractivity contribution is 0.0539. The van der Waals surface area contributed by atoms with Crippen molar-refractivity contribution in [1.82, 2.24) is 4.90 Å². The van der Waals surface area contributed by atoms with E-state index in [9.17, 15) is 4.79 Å². The zero-order valence-corrected chi connectivity index (χ0v) is 10.3. The van der Waals surface area contributed by atoms with Gasteiger partial charge in [-0.2, -0.15) is 0 Å². The van der Waals surface area contributed by atoms with E-state index < -0.39 is 0 Å². The molecule has 1 aliphatic rings. The SMILES string of the molecule is Cc1cccc(C(=O)N2CC(CBr)C2)c1. The highest BCUT2D eigenvalue weighted by Crippen LogP contribution is 2.20. The van der Waals surface area contributed by atoms with Crippen LogP contribution in [-0.4, -0.2) is 29.2 Å². The molecule has 0 spiro atoms. The minimum atomic E-state index is 0.163. The van der Waals surface area contributed by atoms with Crippen LogP contribution in [0.25, 0.3) is 0 Å². The molecular weight excluding hydrogens is 254 g/mol. The lowest BCUT2D eigenvalue weighted by Gasteiger charge is -2.38. The van der Waals surface area contributed by atoms with Gasteiger partial charge in [-0.3, -0.25) is 4.79 Å². The number of hydrogen-bond donors (Lipinski definition) is 0. The molecule has 2 nitrogen and oxygen atoms in total. The van der Waals surface area contributed by atoms with E-state index in [0.717, 1.165) is 29.5 Å². The average molecular weight is 268 g/mol. The molecule has 1 heterocycles. The molecule has 3 heteroatoms. The van der Waals surface area contributed by atoms with Crippen LogP contribution in [0.5, 0.6) is 0 Å². The normalized spacial score (nSPS) is 16.3. The van der Waals surface area contributed by atoms with Crippen LogP contribution in [-0.2, 0) is 0 Å². The third-order valence-electron chi connectivity index (χ3n) is 2.73. The Kier molecular flexibility index (Phi) is 3.10. The Morgan fingerprint density at radius 3 is 2.87 bits per heavy atom. The van der Waals surface area contributed by atoms with Crippen LogP contribution >= 0.6 is 15.9 Å². The molecule has 1 fully saturated rings. The van der Waals surface area contributed by atoms with Gasteiger partial charge in [-0.25, -0.2) is 0 Å². The summed E-state index contributed by atoms with van der Waals surface area (Å²) in [7, 11) is 0. The Balaban J connectivity index is 2.03. The van der Waals surface area contributed by atoms with Crippen LogP contribution in [0.2, 0.25) is 0 Å². The number of rotatable bonds is 2. The summed E-state index contributed by atoms with van der Waals surface area (Å²) < 4.78 is 0. The molecule has 1 aliphatic heterocycles. The minimum absolute atomic E-state index is 0.163. The molecule has 0 bridgehead atoms. The van der Waals surface area contributed by atoms with E-state index in [1.807, 2.05) is 36.1 Å². The first-order valence-electron chi connectivity index (χ1n) is 5.12. The Morgan fingerprint density at radius 2 is 2.27 bits per heavy atom. The number of carbonyl (C=O) groups excluding carboxylic acids is 1. The van der Waals surface area contributed by atoms with Crippen LogP contribution in [0.15, 0.2) is 24.3 Å². The Labute approximate surface area is 98.4 Å². The monoisotopic (exact) mass is 267 g/mol. The highest BCUT2D eigenvalue weighted by atomic mass is 79.9. The lowest BCUT2D eigenvalue weighted by atomic mass is 10.0. The van der Waals surface area contributed by atoms with Crippen molar-refractivity contribution in [3.05, 3.63) is 35.4 Å². The van der Waals surface area contributed by atoms with Gasteiger partial charge in [-0.15, -0.1) is 0 Å². The molecule has 80 valence electrons. The highest BCUT2D eigenvalue weighted by Gasteiger charge is 2.30. The molecule has 1 aromatic carbocycles. The zero-order chi connectivity index (χ0) is 10.8. The molecule has 15 heavy (non-hydrogen) atoms. The van der Waals surface area contributed by atoms with E-state index in [-0.39, 0.29) is 5.91 Å². The number of benzene rings is 1.